The second-order valence-electron chi connectivity index (χ2n) is 3.46. The third-order valence-corrected chi connectivity index (χ3v) is 3.53. The van der Waals surface area contributed by atoms with Gasteiger partial charge in [0.2, 0.25) is 10.0 Å². The molecular formula is C7H14N2O4S. The standard InChI is InChI=1S/C7H14N2O4S/c1-14(12,13)9-3-2-6(5-9)4-8-7(10)11/h6,8H,2-5H2,1H3,(H,10,11). The van der Waals surface area contributed by atoms with Gasteiger partial charge in [0.05, 0.1) is 6.26 Å². The van der Waals surface area contributed by atoms with Crippen molar-refractivity contribution in [2.45, 2.75) is 6.42 Å². The van der Waals surface area contributed by atoms with Crippen LogP contribution in [-0.2, 0) is 10.0 Å². The first-order valence-electron chi connectivity index (χ1n) is 4.31. The maximum Gasteiger partial charge on any atom is 0.404 e. The van der Waals surface area contributed by atoms with Crippen LogP contribution < -0.4 is 5.32 Å². The average Bonchev–Trinajstić information content (AvgIpc) is 2.47. The second-order valence-corrected chi connectivity index (χ2v) is 5.44. The molecule has 0 aromatic carbocycles. The van der Waals surface area contributed by atoms with E-state index in [9.17, 15) is 13.2 Å². The smallest absolute Gasteiger partial charge is 0.404 e. The van der Waals surface area contributed by atoms with Crippen molar-refractivity contribution in [2.75, 3.05) is 25.9 Å². The summed E-state index contributed by atoms with van der Waals surface area (Å²) in [5, 5.41) is 10.6. The summed E-state index contributed by atoms with van der Waals surface area (Å²) in [4.78, 5) is 10.2. The van der Waals surface area contributed by atoms with E-state index in [1.807, 2.05) is 0 Å². The van der Waals surface area contributed by atoms with Crippen LogP contribution in [0.4, 0.5) is 4.79 Å². The summed E-state index contributed by atoms with van der Waals surface area (Å²) in [6, 6.07) is 0. The Morgan fingerprint density at radius 2 is 2.29 bits per heavy atom. The van der Waals surface area contributed by atoms with E-state index in [0.29, 0.717) is 26.1 Å². The highest BCUT2D eigenvalue weighted by Crippen LogP contribution is 2.17. The number of sulfonamides is 1. The molecule has 0 saturated carbocycles. The molecule has 0 aromatic rings. The number of amides is 1. The number of hydrogen-bond acceptors (Lipinski definition) is 3. The van der Waals surface area contributed by atoms with Crippen LogP contribution in [0.15, 0.2) is 0 Å². The van der Waals surface area contributed by atoms with Gasteiger partial charge in [-0.2, -0.15) is 0 Å². The second kappa shape index (κ2) is 4.14. The predicted octanol–water partition coefficient (Wildman–Crippen LogP) is -0.464. The molecule has 1 saturated heterocycles. The van der Waals surface area contributed by atoms with Crippen LogP contribution in [-0.4, -0.2) is 49.8 Å². The molecule has 1 amide bonds. The number of nitrogens with one attached hydrogen (secondary N) is 1. The highest BCUT2D eigenvalue weighted by molar-refractivity contribution is 7.88. The Bertz CT molecular complexity index is 314. The van der Waals surface area contributed by atoms with Gasteiger partial charge in [0.15, 0.2) is 0 Å². The SMILES string of the molecule is CS(=O)(=O)N1CCC(CNC(=O)O)C1. The quantitative estimate of drug-likeness (QED) is 0.676. The highest BCUT2D eigenvalue weighted by Gasteiger charge is 2.28. The Morgan fingerprint density at radius 1 is 1.64 bits per heavy atom. The van der Waals surface area contributed by atoms with E-state index in [-0.39, 0.29) is 5.92 Å². The van der Waals surface area contributed by atoms with Crippen LogP contribution in [0.3, 0.4) is 0 Å². The summed E-state index contributed by atoms with van der Waals surface area (Å²) >= 11 is 0. The zero-order valence-electron chi connectivity index (χ0n) is 7.93. The lowest BCUT2D eigenvalue weighted by Gasteiger charge is -2.12. The fourth-order valence-corrected chi connectivity index (χ4v) is 2.42. The fourth-order valence-electron chi connectivity index (χ4n) is 1.50. The van der Waals surface area contributed by atoms with Crippen LogP contribution in [0.25, 0.3) is 0 Å². The first kappa shape index (κ1) is 11.3. The van der Waals surface area contributed by atoms with Gasteiger partial charge in [-0.25, -0.2) is 17.5 Å². The largest absolute Gasteiger partial charge is 0.465 e. The van der Waals surface area contributed by atoms with Crippen molar-refractivity contribution < 1.29 is 18.3 Å². The lowest BCUT2D eigenvalue weighted by atomic mass is 10.1. The van der Waals surface area contributed by atoms with Gasteiger partial charge < -0.3 is 10.4 Å². The summed E-state index contributed by atoms with van der Waals surface area (Å²) in [6.07, 6.45) is 0.815. The van der Waals surface area contributed by atoms with Crippen LogP contribution >= 0.6 is 0 Å². The number of carbonyl (C=O) groups is 1. The van der Waals surface area contributed by atoms with Crippen molar-refractivity contribution in [2.24, 2.45) is 5.92 Å². The Hall–Kier alpha value is -0.820. The molecule has 82 valence electrons. The van der Waals surface area contributed by atoms with E-state index in [0.717, 1.165) is 0 Å². The minimum Gasteiger partial charge on any atom is -0.465 e. The Kier molecular flexibility index (Phi) is 3.33. The molecule has 6 nitrogen and oxygen atoms in total. The monoisotopic (exact) mass is 222 g/mol. The van der Waals surface area contributed by atoms with E-state index >= 15 is 0 Å². The zero-order chi connectivity index (χ0) is 10.8. The Morgan fingerprint density at radius 3 is 2.71 bits per heavy atom. The minimum atomic E-state index is -3.12. The normalized spacial score (nSPS) is 23.6. The molecule has 1 rings (SSSR count). The van der Waals surface area contributed by atoms with Crippen molar-refractivity contribution in [3.63, 3.8) is 0 Å². The molecular weight excluding hydrogens is 208 g/mol. The summed E-state index contributed by atoms with van der Waals surface area (Å²) < 4.78 is 23.6. The third kappa shape index (κ3) is 3.15. The van der Waals surface area contributed by atoms with Gasteiger partial charge in [-0.05, 0) is 12.3 Å². The summed E-state index contributed by atoms with van der Waals surface area (Å²) in [6.45, 7) is 1.23. The molecule has 1 fully saturated rings. The van der Waals surface area contributed by atoms with Crippen molar-refractivity contribution in [1.82, 2.24) is 9.62 Å². The molecule has 1 aliphatic rings. The number of rotatable bonds is 3. The van der Waals surface area contributed by atoms with Gasteiger partial charge in [0, 0.05) is 19.6 Å². The lowest BCUT2D eigenvalue weighted by molar-refractivity contribution is 0.192. The van der Waals surface area contributed by atoms with E-state index in [1.54, 1.807) is 0 Å². The van der Waals surface area contributed by atoms with Crippen molar-refractivity contribution in [3.05, 3.63) is 0 Å². The predicted molar refractivity (Wildman–Crippen MR) is 50.6 cm³/mol. The van der Waals surface area contributed by atoms with Crippen molar-refractivity contribution in [3.8, 4) is 0 Å². The first-order chi connectivity index (χ1) is 6.39. The molecule has 1 atom stereocenters. The zero-order valence-corrected chi connectivity index (χ0v) is 8.75. The molecule has 0 aromatic heterocycles. The van der Waals surface area contributed by atoms with E-state index in [2.05, 4.69) is 5.32 Å². The Labute approximate surface area is 82.9 Å². The molecule has 0 radical (unpaired) electrons. The van der Waals surface area contributed by atoms with Gasteiger partial charge in [-0.15, -0.1) is 0 Å². The fraction of sp³-hybridized carbons (Fsp3) is 0.857. The van der Waals surface area contributed by atoms with Gasteiger partial charge in [-0.3, -0.25) is 0 Å². The van der Waals surface area contributed by atoms with Crippen LogP contribution in [0.5, 0.6) is 0 Å². The maximum absolute atomic E-state index is 11.1. The summed E-state index contributed by atoms with van der Waals surface area (Å²) in [5.74, 6) is 0.0980. The summed E-state index contributed by atoms with van der Waals surface area (Å²) in [7, 11) is -3.12. The van der Waals surface area contributed by atoms with Crippen LogP contribution in [0.1, 0.15) is 6.42 Å². The number of carboxylic acid groups (broad SMARTS) is 1. The van der Waals surface area contributed by atoms with Crippen molar-refractivity contribution in [1.29, 1.82) is 0 Å². The molecule has 0 aliphatic carbocycles. The van der Waals surface area contributed by atoms with Crippen LogP contribution in [0, 0.1) is 5.92 Å². The number of hydrogen-bond donors (Lipinski definition) is 2. The molecule has 14 heavy (non-hydrogen) atoms. The Balaban J connectivity index is 2.38. The molecule has 1 aliphatic heterocycles. The molecule has 7 heteroatoms. The summed E-state index contributed by atoms with van der Waals surface area (Å²) in [5.41, 5.74) is 0. The van der Waals surface area contributed by atoms with Gasteiger partial charge in [0.25, 0.3) is 0 Å². The lowest BCUT2D eigenvalue weighted by Crippen LogP contribution is -2.31. The minimum absolute atomic E-state index is 0.0980. The van der Waals surface area contributed by atoms with Crippen molar-refractivity contribution >= 4 is 16.1 Å². The van der Waals surface area contributed by atoms with E-state index in [4.69, 9.17) is 5.11 Å². The molecule has 0 spiro atoms. The van der Waals surface area contributed by atoms with Crippen LogP contribution in [0.2, 0.25) is 0 Å². The first-order valence-corrected chi connectivity index (χ1v) is 6.16. The highest BCUT2D eigenvalue weighted by atomic mass is 32.2. The van der Waals surface area contributed by atoms with Gasteiger partial charge in [0.1, 0.15) is 0 Å². The van der Waals surface area contributed by atoms with E-state index < -0.39 is 16.1 Å². The average molecular weight is 222 g/mol. The molecule has 0 bridgehead atoms. The molecule has 1 unspecified atom stereocenters. The number of nitrogens with zero attached hydrogens (tertiary/aromatic N) is 1. The van der Waals surface area contributed by atoms with Gasteiger partial charge >= 0.3 is 6.09 Å². The molecule has 2 N–H and O–H groups in total. The topological polar surface area (TPSA) is 86.7 Å². The van der Waals surface area contributed by atoms with E-state index in [1.165, 1.54) is 10.6 Å². The van der Waals surface area contributed by atoms with Gasteiger partial charge in [-0.1, -0.05) is 0 Å². The molecule has 1 heterocycles. The maximum atomic E-state index is 11.1. The third-order valence-electron chi connectivity index (χ3n) is 2.26.